The molecule has 0 bridgehead atoms. The third-order valence-corrected chi connectivity index (χ3v) is 2.19. The van der Waals surface area contributed by atoms with Crippen molar-refractivity contribution in [2.24, 2.45) is 0 Å². The van der Waals surface area contributed by atoms with E-state index in [9.17, 15) is 4.39 Å². The van der Waals surface area contributed by atoms with Crippen LogP contribution < -0.4 is 4.74 Å². The molecule has 0 aliphatic carbocycles. The molecule has 2 rings (SSSR count). The molecule has 2 aromatic rings. The van der Waals surface area contributed by atoms with Crippen LogP contribution in [0.1, 0.15) is 11.3 Å². The second-order valence-corrected chi connectivity index (χ2v) is 3.33. The van der Waals surface area contributed by atoms with Crippen LogP contribution in [0.4, 0.5) is 4.39 Å². The Morgan fingerprint density at radius 3 is 2.82 bits per heavy atom. The van der Waals surface area contributed by atoms with E-state index in [0.29, 0.717) is 0 Å². The first-order valence-electron chi connectivity index (χ1n) is 5.02. The summed E-state index contributed by atoms with van der Waals surface area (Å²) in [7, 11) is 0. The fraction of sp³-hybridized carbons (Fsp3) is 0.0769. The summed E-state index contributed by atoms with van der Waals surface area (Å²) >= 11 is 0. The van der Waals surface area contributed by atoms with Crippen molar-refractivity contribution >= 4 is 0 Å². The van der Waals surface area contributed by atoms with Crippen LogP contribution in [-0.4, -0.2) is 4.98 Å². The predicted molar refractivity (Wildman–Crippen MR) is 59.7 cm³/mol. The van der Waals surface area contributed by atoms with Gasteiger partial charge >= 0.3 is 0 Å². The first-order valence-corrected chi connectivity index (χ1v) is 5.02. The molecular weight excluding hydrogens is 219 g/mol. The molecule has 0 aliphatic rings. The van der Waals surface area contributed by atoms with Gasteiger partial charge in [-0.3, -0.25) is 4.98 Å². The molecule has 0 radical (unpaired) electrons. The van der Waals surface area contributed by atoms with Crippen molar-refractivity contribution in [2.45, 2.75) is 6.61 Å². The van der Waals surface area contributed by atoms with Gasteiger partial charge in [0.1, 0.15) is 29.8 Å². The molecule has 1 aromatic heterocycles. The quantitative estimate of drug-likeness (QED) is 0.811. The van der Waals surface area contributed by atoms with E-state index >= 15 is 0 Å². The van der Waals surface area contributed by atoms with Gasteiger partial charge in [0.15, 0.2) is 0 Å². The van der Waals surface area contributed by atoms with Crippen LogP contribution in [0, 0.1) is 17.1 Å². The minimum atomic E-state index is -0.578. The van der Waals surface area contributed by atoms with E-state index in [1.807, 2.05) is 6.07 Å². The smallest absolute Gasteiger partial charge is 0.144 e. The molecule has 3 nitrogen and oxygen atoms in total. The number of pyridine rings is 1. The second kappa shape index (κ2) is 5.08. The Balaban J connectivity index is 2.15. The number of benzene rings is 1. The summed E-state index contributed by atoms with van der Waals surface area (Å²) in [5, 5.41) is 8.81. The number of ether oxygens (including phenoxy) is 1. The van der Waals surface area contributed by atoms with Gasteiger partial charge in [-0.15, -0.1) is 0 Å². The van der Waals surface area contributed by atoms with Gasteiger partial charge < -0.3 is 4.74 Å². The van der Waals surface area contributed by atoms with E-state index in [1.165, 1.54) is 12.1 Å². The van der Waals surface area contributed by atoms with Crippen LogP contribution in [0.3, 0.4) is 0 Å². The lowest BCUT2D eigenvalue weighted by Crippen LogP contribution is -2.00. The third-order valence-electron chi connectivity index (χ3n) is 2.19. The molecule has 0 spiro atoms. The zero-order chi connectivity index (χ0) is 12.1. The number of aromatic nitrogens is 1. The third kappa shape index (κ3) is 2.58. The fourth-order valence-electron chi connectivity index (χ4n) is 1.37. The van der Waals surface area contributed by atoms with Crippen LogP contribution in [0.25, 0.3) is 0 Å². The summed E-state index contributed by atoms with van der Waals surface area (Å²) in [5.74, 6) is -0.343. The topological polar surface area (TPSA) is 45.9 Å². The van der Waals surface area contributed by atoms with Crippen molar-refractivity contribution in [2.75, 3.05) is 0 Å². The summed E-state index contributed by atoms with van der Waals surface area (Å²) < 4.78 is 18.6. The number of hydrogen-bond donors (Lipinski definition) is 0. The molecule has 0 unspecified atom stereocenters. The standard InChI is InChI=1S/C13H9FN2O/c14-12-5-3-6-13(11(12)8-15)17-9-10-4-1-2-7-16-10/h1-7H,9H2. The van der Waals surface area contributed by atoms with Crippen molar-refractivity contribution in [3.8, 4) is 11.8 Å². The average Bonchev–Trinajstić information content (AvgIpc) is 2.37. The van der Waals surface area contributed by atoms with E-state index in [-0.39, 0.29) is 17.9 Å². The number of nitrogens with zero attached hydrogens (tertiary/aromatic N) is 2. The van der Waals surface area contributed by atoms with Gasteiger partial charge in [-0.25, -0.2) is 4.39 Å². The number of hydrogen-bond acceptors (Lipinski definition) is 3. The SMILES string of the molecule is N#Cc1c(F)cccc1OCc1ccccn1. The van der Waals surface area contributed by atoms with Crippen LogP contribution in [0.5, 0.6) is 5.75 Å². The summed E-state index contributed by atoms with van der Waals surface area (Å²) in [6.45, 7) is 0.207. The lowest BCUT2D eigenvalue weighted by Gasteiger charge is -2.07. The van der Waals surface area contributed by atoms with E-state index < -0.39 is 5.82 Å². The monoisotopic (exact) mass is 228 g/mol. The van der Waals surface area contributed by atoms with Crippen molar-refractivity contribution < 1.29 is 9.13 Å². The Kier molecular flexibility index (Phi) is 3.31. The van der Waals surface area contributed by atoms with Crippen molar-refractivity contribution in [1.29, 1.82) is 5.26 Å². The Morgan fingerprint density at radius 1 is 1.24 bits per heavy atom. The molecule has 0 saturated heterocycles. The molecule has 0 fully saturated rings. The maximum absolute atomic E-state index is 13.3. The normalized spacial score (nSPS) is 9.65. The predicted octanol–water partition coefficient (Wildman–Crippen LogP) is 2.67. The maximum atomic E-state index is 13.3. The number of rotatable bonds is 3. The van der Waals surface area contributed by atoms with E-state index in [1.54, 1.807) is 30.5 Å². The first-order chi connectivity index (χ1) is 8.31. The second-order valence-electron chi connectivity index (χ2n) is 3.33. The minimum Gasteiger partial charge on any atom is -0.486 e. The number of halogens is 1. The van der Waals surface area contributed by atoms with Crippen molar-refractivity contribution in [1.82, 2.24) is 4.98 Å². The molecule has 0 aliphatic heterocycles. The average molecular weight is 228 g/mol. The van der Waals surface area contributed by atoms with Gasteiger partial charge in [-0.2, -0.15) is 5.26 Å². The van der Waals surface area contributed by atoms with Crippen molar-refractivity contribution in [3.05, 3.63) is 59.7 Å². The molecule has 4 heteroatoms. The molecular formula is C13H9FN2O. The van der Waals surface area contributed by atoms with Gasteiger partial charge in [-0.1, -0.05) is 12.1 Å². The summed E-state index contributed by atoms with van der Waals surface area (Å²) in [6.07, 6.45) is 1.65. The lowest BCUT2D eigenvalue weighted by molar-refractivity contribution is 0.298. The first kappa shape index (κ1) is 11.1. The van der Waals surface area contributed by atoms with Gasteiger partial charge in [0.05, 0.1) is 5.69 Å². The molecule has 0 N–H and O–H groups in total. The van der Waals surface area contributed by atoms with Gasteiger partial charge in [0.2, 0.25) is 0 Å². The van der Waals surface area contributed by atoms with E-state index in [4.69, 9.17) is 10.00 Å². The Bertz CT molecular complexity index is 549. The Hall–Kier alpha value is -2.41. The zero-order valence-corrected chi connectivity index (χ0v) is 8.93. The summed E-state index contributed by atoms with van der Waals surface area (Å²) in [4.78, 5) is 4.07. The largest absolute Gasteiger partial charge is 0.486 e. The van der Waals surface area contributed by atoms with E-state index in [0.717, 1.165) is 5.69 Å². The van der Waals surface area contributed by atoms with Crippen LogP contribution in [-0.2, 0) is 6.61 Å². The molecule has 0 saturated carbocycles. The molecule has 1 heterocycles. The van der Waals surface area contributed by atoms with Crippen LogP contribution >= 0.6 is 0 Å². The Labute approximate surface area is 98.1 Å². The van der Waals surface area contributed by atoms with E-state index in [2.05, 4.69) is 4.98 Å². The van der Waals surface area contributed by atoms with Crippen molar-refractivity contribution in [3.63, 3.8) is 0 Å². The number of nitriles is 1. The highest BCUT2D eigenvalue weighted by atomic mass is 19.1. The van der Waals surface area contributed by atoms with Crippen LogP contribution in [0.15, 0.2) is 42.6 Å². The van der Waals surface area contributed by atoms with Gasteiger partial charge in [0, 0.05) is 6.20 Å². The molecule has 17 heavy (non-hydrogen) atoms. The highest BCUT2D eigenvalue weighted by Crippen LogP contribution is 2.21. The zero-order valence-electron chi connectivity index (χ0n) is 8.93. The highest BCUT2D eigenvalue weighted by Gasteiger charge is 2.08. The van der Waals surface area contributed by atoms with Crippen LogP contribution in [0.2, 0.25) is 0 Å². The highest BCUT2D eigenvalue weighted by molar-refractivity contribution is 5.43. The molecule has 0 amide bonds. The molecule has 1 aromatic carbocycles. The lowest BCUT2D eigenvalue weighted by atomic mass is 10.2. The maximum Gasteiger partial charge on any atom is 0.144 e. The molecule has 0 atom stereocenters. The summed E-state index contributed by atoms with van der Waals surface area (Å²) in [5.41, 5.74) is 0.643. The molecule has 84 valence electrons. The van der Waals surface area contributed by atoms with Gasteiger partial charge in [0.25, 0.3) is 0 Å². The summed E-state index contributed by atoms with van der Waals surface area (Å²) in [6, 6.07) is 11.5. The Morgan fingerprint density at radius 2 is 2.12 bits per heavy atom. The fourth-order valence-corrected chi connectivity index (χ4v) is 1.37. The minimum absolute atomic E-state index is 0.0802. The van der Waals surface area contributed by atoms with Gasteiger partial charge in [-0.05, 0) is 24.3 Å².